The molecule has 0 saturated carbocycles. The molecule has 4 aliphatic carbocycles. The summed E-state index contributed by atoms with van der Waals surface area (Å²) < 4.78 is 0. The zero-order chi connectivity index (χ0) is 44.6. The summed E-state index contributed by atoms with van der Waals surface area (Å²) >= 11 is 0. The highest BCUT2D eigenvalue weighted by Gasteiger charge is 2.47. The first-order valence-electron chi connectivity index (χ1n) is 23.7. The molecule has 7 aromatic carbocycles. The molecule has 11 rings (SSSR count). The Balaban J connectivity index is 0.973. The van der Waals surface area contributed by atoms with Crippen LogP contribution in [0.1, 0.15) is 83.5 Å². The third-order valence-electron chi connectivity index (χ3n) is 14.6. The highest BCUT2D eigenvalue weighted by molar-refractivity contribution is 5.94. The van der Waals surface area contributed by atoms with Crippen molar-refractivity contribution in [2.24, 2.45) is 5.92 Å². The highest BCUT2D eigenvalue weighted by Crippen LogP contribution is 2.58. The maximum atomic E-state index is 4.87. The molecule has 0 heterocycles. The predicted octanol–water partition coefficient (Wildman–Crippen LogP) is 17.5. The van der Waals surface area contributed by atoms with Crippen LogP contribution < -0.4 is 0 Å². The predicted molar refractivity (Wildman–Crippen MR) is 282 cm³/mol. The van der Waals surface area contributed by atoms with Crippen LogP contribution in [-0.2, 0) is 5.41 Å². The summed E-state index contributed by atoms with van der Waals surface area (Å²) in [7, 11) is 0. The molecule has 66 heavy (non-hydrogen) atoms. The van der Waals surface area contributed by atoms with Crippen molar-refractivity contribution in [3.05, 3.63) is 287 Å². The van der Waals surface area contributed by atoms with Crippen LogP contribution in [0.5, 0.6) is 0 Å². The van der Waals surface area contributed by atoms with E-state index in [1.165, 1.54) is 89.1 Å². The molecule has 0 amide bonds. The molecule has 0 heteroatoms. The fourth-order valence-corrected chi connectivity index (χ4v) is 11.2. The lowest BCUT2D eigenvalue weighted by atomic mass is 9.65. The molecule has 318 valence electrons. The SMILES string of the molecule is C=C(c1ccc2c(c1)C(C1=CC=CCC1)(c1ccccc1)c1ccccc1-2)c1ccccc1-c1cccc(-c2ccc(C3=C(C)CCC=C3)c(C(=C)C3C=CC=C(c4ccccc4)C3)c2)c1. The molecule has 4 aliphatic rings. The standard InChI is InChI=1S/C66H54/c1-45-21-13-14-32-57(45)60-39-38-53(43-63(60)47(3)49-24-19-25-51(41-49)48-22-7-4-8-23-48)52-26-20-27-54(42-52)59-34-16-15-33-58(59)46(2)50-37-40-62-61-35-17-18-36-64(61)66(65(62)44-50,55-28-9-5-10-29-55)56-30-11-6-12-31-56/h4-11,14-20,22-30,32-40,42-44,49H,2-3,12-13,21,31,41H2,1H3. The topological polar surface area (TPSA) is 0 Å². The van der Waals surface area contributed by atoms with Gasteiger partial charge in [-0.3, -0.25) is 0 Å². The van der Waals surface area contributed by atoms with Crippen molar-refractivity contribution in [2.75, 3.05) is 0 Å². The average molecular weight is 847 g/mol. The molecule has 0 N–H and O–H groups in total. The van der Waals surface area contributed by atoms with Crippen LogP contribution >= 0.6 is 0 Å². The quantitative estimate of drug-likeness (QED) is 0.129. The lowest BCUT2D eigenvalue weighted by Crippen LogP contribution is -2.30. The smallest absolute Gasteiger partial charge is 0.0676 e. The number of hydrogen-bond donors (Lipinski definition) is 0. The van der Waals surface area contributed by atoms with E-state index >= 15 is 0 Å². The first kappa shape index (κ1) is 41.2. The fourth-order valence-electron chi connectivity index (χ4n) is 11.2. The molecule has 2 atom stereocenters. The van der Waals surface area contributed by atoms with Gasteiger partial charge in [0, 0.05) is 5.92 Å². The first-order valence-corrected chi connectivity index (χ1v) is 23.7. The summed E-state index contributed by atoms with van der Waals surface area (Å²) in [6.45, 7) is 12.0. The molecular weight excluding hydrogens is 793 g/mol. The van der Waals surface area contributed by atoms with E-state index in [9.17, 15) is 0 Å². The van der Waals surface area contributed by atoms with Gasteiger partial charge >= 0.3 is 0 Å². The Morgan fingerprint density at radius 2 is 1.23 bits per heavy atom. The van der Waals surface area contributed by atoms with Crippen molar-refractivity contribution in [3.63, 3.8) is 0 Å². The van der Waals surface area contributed by atoms with E-state index in [1.807, 2.05) is 0 Å². The van der Waals surface area contributed by atoms with Crippen LogP contribution in [0.2, 0.25) is 0 Å². The van der Waals surface area contributed by atoms with Crippen molar-refractivity contribution in [1.82, 2.24) is 0 Å². The lowest BCUT2D eigenvalue weighted by molar-refractivity contribution is 0.692. The third-order valence-corrected chi connectivity index (χ3v) is 14.6. The largest absolute Gasteiger partial charge is 0.0946 e. The summed E-state index contributed by atoms with van der Waals surface area (Å²) in [5.74, 6) is 0.194. The molecule has 0 bridgehead atoms. The molecule has 0 fully saturated rings. The maximum Gasteiger partial charge on any atom is 0.0676 e. The van der Waals surface area contributed by atoms with Crippen molar-refractivity contribution in [3.8, 4) is 33.4 Å². The van der Waals surface area contributed by atoms with Gasteiger partial charge in [0.15, 0.2) is 0 Å². The number of allylic oxidation sites excluding steroid dienone is 13. The number of benzene rings is 7. The van der Waals surface area contributed by atoms with Gasteiger partial charge < -0.3 is 0 Å². The number of hydrogen-bond acceptors (Lipinski definition) is 0. The highest BCUT2D eigenvalue weighted by atomic mass is 14.5. The summed E-state index contributed by atoms with van der Waals surface area (Å²) in [6.07, 6.45) is 23.5. The maximum absolute atomic E-state index is 4.87. The second-order valence-corrected chi connectivity index (χ2v) is 18.4. The van der Waals surface area contributed by atoms with E-state index in [4.69, 9.17) is 13.2 Å². The molecule has 0 spiro atoms. The van der Waals surface area contributed by atoms with Crippen LogP contribution in [0.15, 0.2) is 243 Å². The van der Waals surface area contributed by atoms with E-state index in [0.29, 0.717) is 0 Å². The number of fused-ring (bicyclic) bond motifs is 3. The normalized spacial score (nSPS) is 18.3. The van der Waals surface area contributed by atoms with Gasteiger partial charge in [-0.25, -0.2) is 0 Å². The zero-order valence-corrected chi connectivity index (χ0v) is 37.8. The first-order chi connectivity index (χ1) is 32.5. The van der Waals surface area contributed by atoms with Crippen molar-refractivity contribution in [2.45, 2.75) is 44.4 Å². The van der Waals surface area contributed by atoms with Gasteiger partial charge in [-0.2, -0.15) is 0 Å². The van der Waals surface area contributed by atoms with Gasteiger partial charge in [0.1, 0.15) is 0 Å². The minimum Gasteiger partial charge on any atom is -0.0946 e. The Kier molecular flexibility index (Phi) is 10.9. The average Bonchev–Trinajstić information content (AvgIpc) is 3.69. The van der Waals surface area contributed by atoms with E-state index in [-0.39, 0.29) is 5.92 Å². The summed E-state index contributed by atoms with van der Waals surface area (Å²) in [6, 6.07) is 63.0. The van der Waals surface area contributed by atoms with Crippen molar-refractivity contribution >= 4 is 22.3 Å². The monoisotopic (exact) mass is 846 g/mol. The Hall–Kier alpha value is -7.54. The van der Waals surface area contributed by atoms with E-state index in [2.05, 4.69) is 225 Å². The molecule has 2 unspecified atom stereocenters. The van der Waals surface area contributed by atoms with Gasteiger partial charge in [0.2, 0.25) is 0 Å². The lowest BCUT2D eigenvalue weighted by Gasteiger charge is -2.37. The fraction of sp³-hybridized carbons (Fsp3) is 0.121. The van der Waals surface area contributed by atoms with Gasteiger partial charge in [-0.15, -0.1) is 0 Å². The van der Waals surface area contributed by atoms with E-state index in [1.54, 1.807) is 0 Å². The van der Waals surface area contributed by atoms with Crippen LogP contribution in [-0.4, -0.2) is 0 Å². The van der Waals surface area contributed by atoms with Gasteiger partial charge in [0.05, 0.1) is 5.41 Å². The van der Waals surface area contributed by atoms with Crippen molar-refractivity contribution < 1.29 is 0 Å². The molecular formula is C66H54. The van der Waals surface area contributed by atoms with E-state index < -0.39 is 5.41 Å². The third kappa shape index (κ3) is 7.19. The zero-order valence-electron chi connectivity index (χ0n) is 37.8. The minimum atomic E-state index is -0.390. The summed E-state index contributed by atoms with van der Waals surface area (Å²) in [5, 5.41) is 0. The van der Waals surface area contributed by atoms with Crippen LogP contribution in [0.4, 0.5) is 0 Å². The molecule has 0 saturated heterocycles. The Labute approximate surface area is 391 Å². The van der Waals surface area contributed by atoms with E-state index in [0.717, 1.165) is 54.4 Å². The molecule has 7 aromatic rings. The molecule has 0 aliphatic heterocycles. The summed E-state index contributed by atoms with van der Waals surface area (Å²) in [5.41, 5.74) is 24.7. The van der Waals surface area contributed by atoms with Crippen LogP contribution in [0.3, 0.4) is 0 Å². The van der Waals surface area contributed by atoms with Gasteiger partial charge in [0.25, 0.3) is 0 Å². The Bertz CT molecular complexity index is 3250. The summed E-state index contributed by atoms with van der Waals surface area (Å²) in [4.78, 5) is 0. The molecule has 0 aromatic heterocycles. The molecule has 0 nitrogen and oxygen atoms in total. The van der Waals surface area contributed by atoms with Gasteiger partial charge in [-0.05, 0) is 157 Å². The van der Waals surface area contributed by atoms with Crippen LogP contribution in [0, 0.1) is 5.92 Å². The second kappa shape index (κ2) is 17.4. The Morgan fingerprint density at radius 3 is 2.05 bits per heavy atom. The second-order valence-electron chi connectivity index (χ2n) is 18.4. The molecule has 0 radical (unpaired) electrons. The van der Waals surface area contributed by atoms with Crippen molar-refractivity contribution in [1.29, 1.82) is 0 Å². The Morgan fingerprint density at radius 1 is 0.530 bits per heavy atom. The minimum absolute atomic E-state index is 0.194. The number of rotatable bonds is 10. The van der Waals surface area contributed by atoms with Gasteiger partial charge in [-0.1, -0.05) is 225 Å². The van der Waals surface area contributed by atoms with Crippen LogP contribution in [0.25, 0.3) is 55.7 Å².